The Morgan fingerprint density at radius 1 is 1.36 bits per heavy atom. The molecule has 2 heterocycles. The molecule has 2 aromatic rings. The quantitative estimate of drug-likeness (QED) is 0.813. The molecule has 2 amide bonds. The summed E-state index contributed by atoms with van der Waals surface area (Å²) in [4.78, 5) is 24.5. The summed E-state index contributed by atoms with van der Waals surface area (Å²) < 4.78 is 0. The van der Waals surface area contributed by atoms with Gasteiger partial charge in [-0.05, 0) is 24.8 Å². The van der Waals surface area contributed by atoms with Crippen molar-refractivity contribution in [3.8, 4) is 0 Å². The van der Waals surface area contributed by atoms with Crippen molar-refractivity contribution in [2.45, 2.75) is 39.2 Å². The highest BCUT2D eigenvalue weighted by atomic mass is 32.1. The first-order valence-electron chi connectivity index (χ1n) is 7.07. The maximum absolute atomic E-state index is 12.1. The number of hydrogen-bond acceptors (Lipinski definition) is 6. The number of nitrogens with one attached hydrogen (secondary N) is 2. The van der Waals surface area contributed by atoms with Gasteiger partial charge >= 0.3 is 0 Å². The molecule has 0 aliphatic rings. The highest BCUT2D eigenvalue weighted by molar-refractivity contribution is 7.15. The fraction of sp³-hybridized carbons (Fsp3) is 0.429. The summed E-state index contributed by atoms with van der Waals surface area (Å²) in [5.41, 5.74) is 0. The smallest absolute Gasteiger partial charge is 0.261 e. The van der Waals surface area contributed by atoms with Crippen LogP contribution in [0.2, 0.25) is 0 Å². The summed E-state index contributed by atoms with van der Waals surface area (Å²) in [6.45, 7) is 3.75. The topological polar surface area (TPSA) is 84.0 Å². The minimum Gasteiger partial charge on any atom is -0.340 e. The number of aromatic nitrogens is 2. The summed E-state index contributed by atoms with van der Waals surface area (Å²) in [6, 6.07) is 2.87. The van der Waals surface area contributed by atoms with Gasteiger partial charge in [-0.15, -0.1) is 21.5 Å². The van der Waals surface area contributed by atoms with Gasteiger partial charge in [-0.1, -0.05) is 30.7 Å². The van der Waals surface area contributed by atoms with Crippen molar-refractivity contribution in [3.63, 3.8) is 0 Å². The fourth-order valence-electron chi connectivity index (χ4n) is 1.69. The van der Waals surface area contributed by atoms with E-state index in [-0.39, 0.29) is 11.8 Å². The van der Waals surface area contributed by atoms with Crippen LogP contribution in [0.4, 0.5) is 5.13 Å². The number of rotatable bonds is 7. The first kappa shape index (κ1) is 16.6. The number of hydrogen-bond donors (Lipinski definition) is 2. The van der Waals surface area contributed by atoms with Crippen LogP contribution < -0.4 is 10.6 Å². The van der Waals surface area contributed by atoms with Crippen molar-refractivity contribution < 1.29 is 9.59 Å². The Kier molecular flexibility index (Phi) is 6.02. The van der Waals surface area contributed by atoms with Crippen molar-refractivity contribution in [1.82, 2.24) is 15.5 Å². The molecule has 0 fully saturated rings. The van der Waals surface area contributed by atoms with E-state index in [0.717, 1.165) is 24.3 Å². The van der Waals surface area contributed by atoms with Gasteiger partial charge < -0.3 is 5.32 Å². The SMILES string of the molecule is CCCCc1nnc(NC(=O)C(C)NC(=O)c2cccs2)s1. The van der Waals surface area contributed by atoms with Gasteiger partial charge in [-0.25, -0.2) is 0 Å². The van der Waals surface area contributed by atoms with Gasteiger partial charge in [0.2, 0.25) is 11.0 Å². The van der Waals surface area contributed by atoms with E-state index in [1.165, 1.54) is 22.7 Å². The van der Waals surface area contributed by atoms with E-state index in [0.29, 0.717) is 10.0 Å². The highest BCUT2D eigenvalue weighted by Gasteiger charge is 2.18. The van der Waals surface area contributed by atoms with Crippen molar-refractivity contribution in [1.29, 1.82) is 0 Å². The molecule has 2 rings (SSSR count). The van der Waals surface area contributed by atoms with E-state index in [2.05, 4.69) is 27.8 Å². The van der Waals surface area contributed by atoms with Crippen LogP contribution in [0.3, 0.4) is 0 Å². The number of carbonyl (C=O) groups excluding carboxylic acids is 2. The van der Waals surface area contributed by atoms with Gasteiger partial charge in [-0.3, -0.25) is 14.9 Å². The minimum atomic E-state index is -0.641. The van der Waals surface area contributed by atoms with Crippen LogP contribution in [0, 0.1) is 0 Å². The Labute approximate surface area is 137 Å². The molecule has 0 saturated carbocycles. The van der Waals surface area contributed by atoms with E-state index in [1.807, 2.05) is 5.38 Å². The number of nitrogens with zero attached hydrogens (tertiary/aromatic N) is 2. The van der Waals surface area contributed by atoms with Crippen LogP contribution in [-0.4, -0.2) is 28.1 Å². The minimum absolute atomic E-state index is 0.251. The molecule has 1 atom stereocenters. The Morgan fingerprint density at radius 2 is 2.18 bits per heavy atom. The lowest BCUT2D eigenvalue weighted by atomic mass is 10.3. The summed E-state index contributed by atoms with van der Waals surface area (Å²) in [6.07, 6.45) is 3.01. The summed E-state index contributed by atoms with van der Waals surface area (Å²) in [5, 5.41) is 16.5. The van der Waals surface area contributed by atoms with Gasteiger partial charge in [0.1, 0.15) is 11.0 Å². The van der Waals surface area contributed by atoms with E-state index in [9.17, 15) is 9.59 Å². The number of aryl methyl sites for hydroxylation is 1. The molecular weight excluding hydrogens is 320 g/mol. The van der Waals surface area contributed by atoms with Gasteiger partial charge in [0.05, 0.1) is 4.88 Å². The molecule has 8 heteroatoms. The third-order valence-corrected chi connectivity index (χ3v) is 4.69. The largest absolute Gasteiger partial charge is 0.340 e. The van der Waals surface area contributed by atoms with Crippen LogP contribution in [0.1, 0.15) is 41.4 Å². The van der Waals surface area contributed by atoms with Gasteiger partial charge in [0.15, 0.2) is 0 Å². The second-order valence-electron chi connectivity index (χ2n) is 4.77. The Bertz CT molecular complexity index is 625. The number of unbranched alkanes of at least 4 members (excludes halogenated alkanes) is 1. The molecule has 22 heavy (non-hydrogen) atoms. The van der Waals surface area contributed by atoms with E-state index < -0.39 is 6.04 Å². The molecule has 6 nitrogen and oxygen atoms in total. The van der Waals surface area contributed by atoms with Crippen LogP contribution in [0.5, 0.6) is 0 Å². The third-order valence-electron chi connectivity index (χ3n) is 2.93. The molecule has 0 bridgehead atoms. The summed E-state index contributed by atoms with van der Waals surface area (Å²) >= 11 is 2.71. The molecular formula is C14H18N4O2S2. The number of amides is 2. The van der Waals surface area contributed by atoms with Gasteiger partial charge in [0.25, 0.3) is 5.91 Å². The maximum Gasteiger partial charge on any atom is 0.261 e. The van der Waals surface area contributed by atoms with Crippen LogP contribution in [0.25, 0.3) is 0 Å². The Balaban J connectivity index is 1.85. The van der Waals surface area contributed by atoms with Crippen molar-refractivity contribution in [2.75, 3.05) is 5.32 Å². The molecule has 0 aromatic carbocycles. The van der Waals surface area contributed by atoms with Crippen molar-refractivity contribution in [3.05, 3.63) is 27.4 Å². The van der Waals surface area contributed by atoms with Gasteiger partial charge in [0, 0.05) is 6.42 Å². The number of thiophene rings is 1. The lowest BCUT2D eigenvalue weighted by molar-refractivity contribution is -0.117. The van der Waals surface area contributed by atoms with E-state index >= 15 is 0 Å². The zero-order valence-electron chi connectivity index (χ0n) is 12.5. The molecule has 2 N–H and O–H groups in total. The first-order valence-corrected chi connectivity index (χ1v) is 8.77. The average Bonchev–Trinajstić information content (AvgIpc) is 3.16. The lowest BCUT2D eigenvalue weighted by Crippen LogP contribution is -2.41. The molecule has 0 radical (unpaired) electrons. The molecule has 118 valence electrons. The van der Waals surface area contributed by atoms with E-state index in [1.54, 1.807) is 19.1 Å². The fourth-order valence-corrected chi connectivity index (χ4v) is 3.10. The average molecular weight is 338 g/mol. The molecule has 0 aliphatic carbocycles. The van der Waals surface area contributed by atoms with Crippen molar-refractivity contribution in [2.24, 2.45) is 0 Å². The number of carbonyl (C=O) groups is 2. The maximum atomic E-state index is 12.1. The van der Waals surface area contributed by atoms with E-state index in [4.69, 9.17) is 0 Å². The molecule has 2 aromatic heterocycles. The monoisotopic (exact) mass is 338 g/mol. The first-order chi connectivity index (χ1) is 10.6. The van der Waals surface area contributed by atoms with Crippen molar-refractivity contribution >= 4 is 39.6 Å². The second-order valence-corrected chi connectivity index (χ2v) is 6.78. The summed E-state index contributed by atoms with van der Waals surface area (Å²) in [7, 11) is 0. The normalized spacial score (nSPS) is 11.9. The standard InChI is InChI=1S/C14H18N4O2S2/c1-3-4-7-11-17-18-14(22-11)16-12(19)9(2)15-13(20)10-6-5-8-21-10/h5-6,8-9H,3-4,7H2,1-2H3,(H,15,20)(H,16,18,19). The van der Waals surface area contributed by atoms with Crippen LogP contribution in [0.15, 0.2) is 17.5 Å². The zero-order chi connectivity index (χ0) is 15.9. The predicted octanol–water partition coefficient (Wildman–Crippen LogP) is 2.70. The lowest BCUT2D eigenvalue weighted by Gasteiger charge is -2.11. The summed E-state index contributed by atoms with van der Waals surface area (Å²) in [5.74, 6) is -0.554. The number of anilines is 1. The Morgan fingerprint density at radius 3 is 2.86 bits per heavy atom. The molecule has 1 unspecified atom stereocenters. The molecule has 0 aliphatic heterocycles. The zero-order valence-corrected chi connectivity index (χ0v) is 14.1. The second kappa shape index (κ2) is 8.00. The molecule has 0 saturated heterocycles. The highest BCUT2D eigenvalue weighted by Crippen LogP contribution is 2.17. The third kappa shape index (κ3) is 4.60. The molecule has 0 spiro atoms. The van der Waals surface area contributed by atoms with Crippen LogP contribution >= 0.6 is 22.7 Å². The van der Waals surface area contributed by atoms with Gasteiger partial charge in [-0.2, -0.15) is 0 Å². The predicted molar refractivity (Wildman–Crippen MR) is 88.4 cm³/mol. The van der Waals surface area contributed by atoms with Crippen LogP contribution in [-0.2, 0) is 11.2 Å². The Hall–Kier alpha value is -1.80.